The summed E-state index contributed by atoms with van der Waals surface area (Å²) in [6.07, 6.45) is 5.70. The quantitative estimate of drug-likeness (QED) is 0.454. The molecule has 2 aliphatic heterocycles. The first-order valence-corrected chi connectivity index (χ1v) is 12.4. The number of aryl methyl sites for hydroxylation is 1. The van der Waals surface area contributed by atoms with Gasteiger partial charge in [-0.25, -0.2) is 9.78 Å². The van der Waals surface area contributed by atoms with Crippen LogP contribution in [0.2, 0.25) is 0 Å². The number of halogens is 4. The molecule has 2 saturated heterocycles. The van der Waals surface area contributed by atoms with Gasteiger partial charge in [0.05, 0.1) is 24.0 Å². The predicted molar refractivity (Wildman–Crippen MR) is 128 cm³/mol. The fourth-order valence-electron chi connectivity index (χ4n) is 5.58. The van der Waals surface area contributed by atoms with Crippen LogP contribution in [0.4, 0.5) is 23.2 Å². The van der Waals surface area contributed by atoms with Crippen LogP contribution in [0.15, 0.2) is 24.7 Å². The number of carbonyl (C=O) groups is 2. The highest BCUT2D eigenvalue weighted by atomic mass is 19.4. The molecular weight excluding hydrogens is 526 g/mol. The van der Waals surface area contributed by atoms with Crippen molar-refractivity contribution >= 4 is 23.2 Å². The predicted octanol–water partition coefficient (Wildman–Crippen LogP) is 4.23. The van der Waals surface area contributed by atoms with E-state index >= 15 is 4.39 Å². The maximum absolute atomic E-state index is 15.7. The van der Waals surface area contributed by atoms with Gasteiger partial charge in [0.2, 0.25) is 5.82 Å². The van der Waals surface area contributed by atoms with Crippen LogP contribution in [-0.4, -0.2) is 60.6 Å². The summed E-state index contributed by atoms with van der Waals surface area (Å²) in [5.41, 5.74) is 1.32. The van der Waals surface area contributed by atoms with Crippen molar-refractivity contribution in [2.45, 2.75) is 68.7 Å². The average molecular weight is 554 g/mol. The van der Waals surface area contributed by atoms with Gasteiger partial charge >= 0.3 is 12.1 Å². The molecule has 7 rings (SSSR count). The number of carboxylic acids is 1. The minimum Gasteiger partial charge on any atom is -0.485 e. The van der Waals surface area contributed by atoms with Crippen molar-refractivity contribution in [1.29, 1.82) is 0 Å². The molecule has 14 heteroatoms. The maximum Gasteiger partial charge on any atom is 0.490 e. The van der Waals surface area contributed by atoms with E-state index in [1.807, 2.05) is 6.20 Å². The molecule has 0 radical (unpaired) electrons. The van der Waals surface area contributed by atoms with Gasteiger partial charge in [-0.2, -0.15) is 22.7 Å². The topological polar surface area (TPSA) is 120 Å². The van der Waals surface area contributed by atoms with Gasteiger partial charge < -0.3 is 24.3 Å². The van der Waals surface area contributed by atoms with E-state index in [1.165, 1.54) is 0 Å². The van der Waals surface area contributed by atoms with Gasteiger partial charge in [0.25, 0.3) is 5.91 Å². The molecule has 1 amide bonds. The van der Waals surface area contributed by atoms with Gasteiger partial charge in [0.15, 0.2) is 17.1 Å². The SMILES string of the molecule is Cn1ccc(C(=O)Nc2cn3cc(C45COC(C)(C4)C5)nc3c(F)c2OC2CCCC2)n1.O=C(O)C(F)(F)F. The van der Waals surface area contributed by atoms with Crippen molar-refractivity contribution < 1.29 is 41.7 Å². The molecule has 4 fully saturated rings. The van der Waals surface area contributed by atoms with Gasteiger partial charge in [-0.05, 0) is 51.5 Å². The van der Waals surface area contributed by atoms with Crippen LogP contribution >= 0.6 is 0 Å². The number of alkyl halides is 3. The third kappa shape index (κ3) is 5.16. The monoisotopic (exact) mass is 553 g/mol. The summed E-state index contributed by atoms with van der Waals surface area (Å²) in [7, 11) is 1.74. The second-order valence-electron chi connectivity index (χ2n) is 10.6. The van der Waals surface area contributed by atoms with E-state index < -0.39 is 23.9 Å². The number of imidazole rings is 1. The largest absolute Gasteiger partial charge is 0.490 e. The number of hydrogen-bond donors (Lipinski definition) is 2. The number of hydrogen-bond acceptors (Lipinski definition) is 6. The molecule has 210 valence electrons. The Hall–Kier alpha value is -3.68. The van der Waals surface area contributed by atoms with Gasteiger partial charge in [-0.1, -0.05) is 0 Å². The Balaban J connectivity index is 0.000000392. The molecular formula is C25H27F4N5O5. The molecule has 3 aromatic rings. The first-order valence-electron chi connectivity index (χ1n) is 12.4. The Kier molecular flexibility index (Phi) is 6.56. The first-order chi connectivity index (χ1) is 18.3. The molecule has 3 aromatic heterocycles. The van der Waals surface area contributed by atoms with Crippen LogP contribution in [0, 0.1) is 5.82 Å². The summed E-state index contributed by atoms with van der Waals surface area (Å²) < 4.78 is 62.7. The van der Waals surface area contributed by atoms with Crippen molar-refractivity contribution in [3.63, 3.8) is 0 Å². The molecule has 39 heavy (non-hydrogen) atoms. The van der Waals surface area contributed by atoms with E-state index in [2.05, 4.69) is 22.3 Å². The third-order valence-electron chi connectivity index (χ3n) is 7.33. The zero-order valence-electron chi connectivity index (χ0n) is 21.2. The molecule has 0 aromatic carbocycles. The Morgan fingerprint density at radius 2 is 1.90 bits per heavy atom. The summed E-state index contributed by atoms with van der Waals surface area (Å²) in [6.45, 7) is 2.71. The summed E-state index contributed by atoms with van der Waals surface area (Å²) in [4.78, 5) is 26.3. The zero-order chi connectivity index (χ0) is 28.2. The number of ether oxygens (including phenoxy) is 2. The van der Waals surface area contributed by atoms with Crippen LogP contribution in [0.5, 0.6) is 5.75 Å². The average Bonchev–Trinajstić information content (AvgIpc) is 3.64. The Labute approximate surface area is 219 Å². The maximum atomic E-state index is 15.7. The van der Waals surface area contributed by atoms with Crippen LogP contribution in [0.1, 0.15) is 61.6 Å². The number of nitrogens with zero attached hydrogens (tertiary/aromatic N) is 4. The van der Waals surface area contributed by atoms with Crippen LogP contribution in [0.25, 0.3) is 5.65 Å². The smallest absolute Gasteiger partial charge is 0.485 e. The van der Waals surface area contributed by atoms with Crippen molar-refractivity contribution in [3.8, 4) is 5.75 Å². The normalized spacial score (nSPS) is 24.3. The number of aromatic nitrogens is 4. The Morgan fingerprint density at radius 1 is 1.23 bits per heavy atom. The second-order valence-corrected chi connectivity index (χ2v) is 10.6. The summed E-state index contributed by atoms with van der Waals surface area (Å²) in [5.74, 6) is -3.69. The Bertz CT molecular complexity index is 1420. The third-order valence-corrected chi connectivity index (χ3v) is 7.33. The number of nitrogens with one attached hydrogen (secondary N) is 1. The molecule has 0 atom stereocenters. The second kappa shape index (κ2) is 9.50. The molecule has 0 unspecified atom stereocenters. The van der Waals surface area contributed by atoms with Crippen molar-refractivity contribution in [1.82, 2.24) is 19.2 Å². The van der Waals surface area contributed by atoms with E-state index in [0.717, 1.165) is 44.2 Å². The lowest BCUT2D eigenvalue weighted by Gasteiger charge is -2.41. The summed E-state index contributed by atoms with van der Waals surface area (Å²) in [5, 5.41) is 14.1. The lowest BCUT2D eigenvalue weighted by atomic mass is 9.62. The van der Waals surface area contributed by atoms with E-state index in [4.69, 9.17) is 19.4 Å². The molecule has 4 aliphatic rings. The van der Waals surface area contributed by atoms with Gasteiger partial charge in [0, 0.05) is 31.1 Å². The van der Waals surface area contributed by atoms with Crippen molar-refractivity contribution in [2.24, 2.45) is 7.05 Å². The standard InChI is InChI=1S/C23H26FN5O3.C2HF3O2/c1-22-11-23(12-22,13-31-22)17-10-29-9-16(25-21(30)15-7-8-28(2)27-15)19(18(24)20(29)26-17)32-14-5-3-4-6-14;3-2(4,5)1(6)7/h7-10,14H,3-6,11-13H2,1-2H3,(H,25,30);(H,6,7). The van der Waals surface area contributed by atoms with E-state index in [1.54, 1.807) is 34.6 Å². The van der Waals surface area contributed by atoms with Crippen LogP contribution < -0.4 is 10.1 Å². The number of rotatable bonds is 5. The molecule has 5 heterocycles. The van der Waals surface area contributed by atoms with Gasteiger partial charge in [-0.3, -0.25) is 9.48 Å². The number of aliphatic carboxylic acids is 1. The van der Waals surface area contributed by atoms with Crippen molar-refractivity contribution in [2.75, 3.05) is 11.9 Å². The van der Waals surface area contributed by atoms with Gasteiger partial charge in [-0.15, -0.1) is 0 Å². The van der Waals surface area contributed by atoms with Crippen molar-refractivity contribution in [3.05, 3.63) is 41.9 Å². The molecule has 10 nitrogen and oxygen atoms in total. The van der Waals surface area contributed by atoms with E-state index in [0.29, 0.717) is 6.61 Å². The minimum atomic E-state index is -5.08. The lowest BCUT2D eigenvalue weighted by Crippen LogP contribution is -2.45. The molecule has 2 N–H and O–H groups in total. The summed E-state index contributed by atoms with van der Waals surface area (Å²) in [6, 6.07) is 1.61. The number of fused-ring (bicyclic) bond motifs is 2. The fourth-order valence-corrected chi connectivity index (χ4v) is 5.58. The molecule has 2 bridgehead atoms. The highest BCUT2D eigenvalue weighted by Gasteiger charge is 2.61. The van der Waals surface area contributed by atoms with E-state index in [9.17, 15) is 18.0 Å². The van der Waals surface area contributed by atoms with Gasteiger partial charge in [0.1, 0.15) is 5.69 Å². The minimum absolute atomic E-state index is 0.0458. The number of amides is 1. The van der Waals surface area contributed by atoms with Crippen LogP contribution in [-0.2, 0) is 22.0 Å². The van der Waals surface area contributed by atoms with Crippen LogP contribution in [0.3, 0.4) is 0 Å². The first kappa shape index (κ1) is 26.9. The number of pyridine rings is 1. The number of carboxylic acid groups (broad SMARTS) is 1. The Morgan fingerprint density at radius 3 is 2.44 bits per heavy atom. The highest BCUT2D eigenvalue weighted by Crippen LogP contribution is 2.58. The lowest BCUT2D eigenvalue weighted by molar-refractivity contribution is -0.192. The number of anilines is 1. The summed E-state index contributed by atoms with van der Waals surface area (Å²) >= 11 is 0. The molecule has 0 spiro atoms. The molecule has 2 saturated carbocycles. The number of carbonyl (C=O) groups excluding carboxylic acids is 1. The zero-order valence-corrected chi connectivity index (χ0v) is 21.2. The highest BCUT2D eigenvalue weighted by molar-refractivity contribution is 6.03. The van der Waals surface area contributed by atoms with E-state index in [-0.39, 0.29) is 39.9 Å². The molecule has 2 aliphatic carbocycles. The fraction of sp³-hybridized carbons (Fsp3) is 0.520.